The van der Waals surface area contributed by atoms with Gasteiger partial charge in [-0.3, -0.25) is 4.79 Å². The van der Waals surface area contributed by atoms with Crippen molar-refractivity contribution in [2.75, 3.05) is 5.75 Å². The van der Waals surface area contributed by atoms with Gasteiger partial charge in [0.2, 0.25) is 5.91 Å². The molecule has 0 radical (unpaired) electrons. The van der Waals surface area contributed by atoms with Gasteiger partial charge >= 0.3 is 0 Å². The van der Waals surface area contributed by atoms with Gasteiger partial charge in [-0.2, -0.15) is 3.82 Å². The Morgan fingerprint density at radius 2 is 2.57 bits per heavy atom. The Balaban J connectivity index is 2.48. The Morgan fingerprint density at radius 1 is 1.86 bits per heavy atom. The number of carbonyl (C=O) groups is 1. The standard InChI is InChI=1S/C3H4ClNOS/c4-5-3(6)1-2-7-5/h1-2H2. The van der Waals surface area contributed by atoms with E-state index in [-0.39, 0.29) is 5.91 Å². The van der Waals surface area contributed by atoms with Gasteiger partial charge in [0.05, 0.1) is 0 Å². The lowest BCUT2D eigenvalue weighted by atomic mass is 10.5. The van der Waals surface area contributed by atoms with Gasteiger partial charge in [-0.25, -0.2) is 0 Å². The smallest absolute Gasteiger partial charge is 0.248 e. The summed E-state index contributed by atoms with van der Waals surface area (Å²) in [6.07, 6.45) is 0.591. The minimum Gasteiger partial charge on any atom is -0.273 e. The van der Waals surface area contributed by atoms with Crippen molar-refractivity contribution in [3.63, 3.8) is 0 Å². The van der Waals surface area contributed by atoms with Crippen LogP contribution in [-0.2, 0) is 4.79 Å². The second kappa shape index (κ2) is 1.92. The fourth-order valence-corrected chi connectivity index (χ4v) is 1.33. The second-order valence-electron chi connectivity index (χ2n) is 1.22. The molecular weight excluding hydrogens is 134 g/mol. The van der Waals surface area contributed by atoms with Crippen molar-refractivity contribution in [2.45, 2.75) is 6.42 Å². The molecule has 0 atom stereocenters. The van der Waals surface area contributed by atoms with Gasteiger partial charge in [0.25, 0.3) is 0 Å². The van der Waals surface area contributed by atoms with Crippen LogP contribution in [-0.4, -0.2) is 15.5 Å². The number of hydrogen-bond acceptors (Lipinski definition) is 2. The van der Waals surface area contributed by atoms with Crippen LogP contribution in [0.25, 0.3) is 0 Å². The highest BCUT2D eigenvalue weighted by Gasteiger charge is 2.18. The fraction of sp³-hybridized carbons (Fsp3) is 0.667. The first-order chi connectivity index (χ1) is 3.30. The maximum atomic E-state index is 10.3. The third kappa shape index (κ3) is 1.01. The lowest BCUT2D eigenvalue weighted by Gasteiger charge is -1.96. The molecule has 0 bridgehead atoms. The number of amides is 1. The van der Waals surface area contributed by atoms with E-state index in [4.69, 9.17) is 11.8 Å². The van der Waals surface area contributed by atoms with Crippen LogP contribution in [0.1, 0.15) is 6.42 Å². The minimum atomic E-state index is 0.0201. The van der Waals surface area contributed by atoms with Crippen LogP contribution in [0.3, 0.4) is 0 Å². The number of hydrogen-bond donors (Lipinski definition) is 0. The van der Waals surface area contributed by atoms with Gasteiger partial charge in [0, 0.05) is 24.0 Å². The fourth-order valence-electron chi connectivity index (χ4n) is 0.373. The minimum absolute atomic E-state index is 0.0201. The predicted molar refractivity (Wildman–Crippen MR) is 29.8 cm³/mol. The van der Waals surface area contributed by atoms with E-state index >= 15 is 0 Å². The second-order valence-corrected chi connectivity index (χ2v) is 2.79. The van der Waals surface area contributed by atoms with Crippen LogP contribution < -0.4 is 0 Å². The van der Waals surface area contributed by atoms with Crippen molar-refractivity contribution in [3.05, 3.63) is 0 Å². The third-order valence-corrected chi connectivity index (χ3v) is 2.01. The molecule has 1 rings (SSSR count). The van der Waals surface area contributed by atoms with Crippen LogP contribution in [0, 0.1) is 0 Å². The van der Waals surface area contributed by atoms with E-state index in [1.54, 1.807) is 0 Å². The van der Waals surface area contributed by atoms with Crippen molar-refractivity contribution in [1.29, 1.82) is 0 Å². The van der Waals surface area contributed by atoms with Gasteiger partial charge in [-0.05, 0) is 11.9 Å². The quantitative estimate of drug-likeness (QED) is 0.367. The zero-order chi connectivity index (χ0) is 5.28. The largest absolute Gasteiger partial charge is 0.273 e. The lowest BCUT2D eigenvalue weighted by Crippen LogP contribution is -2.03. The number of halogens is 1. The van der Waals surface area contributed by atoms with E-state index in [0.717, 1.165) is 9.58 Å². The molecule has 1 aliphatic heterocycles. The Labute approximate surface area is 51.1 Å². The molecule has 1 saturated heterocycles. The number of nitrogens with zero attached hydrogens (tertiary/aromatic N) is 1. The molecule has 0 aromatic carbocycles. The van der Waals surface area contributed by atoms with Crippen LogP contribution in [0.15, 0.2) is 0 Å². The average molecular weight is 138 g/mol. The topological polar surface area (TPSA) is 20.3 Å². The van der Waals surface area contributed by atoms with E-state index in [2.05, 4.69) is 0 Å². The van der Waals surface area contributed by atoms with Crippen LogP contribution >= 0.6 is 23.7 Å². The van der Waals surface area contributed by atoms with Gasteiger partial charge in [-0.1, -0.05) is 0 Å². The van der Waals surface area contributed by atoms with Crippen LogP contribution in [0.5, 0.6) is 0 Å². The highest BCUT2D eigenvalue weighted by atomic mass is 35.5. The summed E-state index contributed by atoms with van der Waals surface area (Å²) in [5.41, 5.74) is 0. The normalized spacial score (nSPS) is 21.3. The summed E-state index contributed by atoms with van der Waals surface area (Å²) < 4.78 is 1.15. The molecule has 0 aromatic heterocycles. The maximum Gasteiger partial charge on any atom is 0.248 e. The molecule has 1 heterocycles. The van der Waals surface area contributed by atoms with Gasteiger partial charge in [0.1, 0.15) is 0 Å². The summed E-state index contributed by atoms with van der Waals surface area (Å²) >= 11 is 6.66. The summed E-state index contributed by atoms with van der Waals surface area (Å²) in [7, 11) is 0. The molecule has 7 heavy (non-hydrogen) atoms. The highest BCUT2D eigenvalue weighted by Crippen LogP contribution is 2.22. The van der Waals surface area contributed by atoms with Crippen molar-refractivity contribution in [2.24, 2.45) is 0 Å². The predicted octanol–water partition coefficient (Wildman–Crippen LogP) is 1.02. The molecule has 40 valence electrons. The maximum absolute atomic E-state index is 10.3. The Bertz CT molecular complexity index is 96.9. The first-order valence-electron chi connectivity index (χ1n) is 1.92. The van der Waals surface area contributed by atoms with Crippen molar-refractivity contribution in [3.8, 4) is 0 Å². The average Bonchev–Trinajstić information content (AvgIpc) is 1.91. The zero-order valence-electron chi connectivity index (χ0n) is 3.56. The van der Waals surface area contributed by atoms with Gasteiger partial charge in [-0.15, -0.1) is 0 Å². The molecule has 1 fully saturated rings. The highest BCUT2D eigenvalue weighted by molar-refractivity contribution is 7.98. The van der Waals surface area contributed by atoms with E-state index < -0.39 is 0 Å². The Morgan fingerprint density at radius 3 is 2.71 bits per heavy atom. The molecule has 2 nitrogen and oxygen atoms in total. The summed E-state index contributed by atoms with van der Waals surface area (Å²) in [4.78, 5) is 10.3. The molecular formula is C3H4ClNOS. The third-order valence-electron chi connectivity index (χ3n) is 0.717. The van der Waals surface area contributed by atoms with Crippen molar-refractivity contribution in [1.82, 2.24) is 3.82 Å². The number of carbonyl (C=O) groups excluding carboxylic acids is 1. The first-order valence-corrected chi connectivity index (χ1v) is 3.20. The molecule has 4 heteroatoms. The van der Waals surface area contributed by atoms with Crippen molar-refractivity contribution >= 4 is 29.6 Å². The summed E-state index contributed by atoms with van der Waals surface area (Å²) in [6.45, 7) is 0. The van der Waals surface area contributed by atoms with E-state index in [0.29, 0.717) is 6.42 Å². The van der Waals surface area contributed by atoms with E-state index in [9.17, 15) is 4.79 Å². The zero-order valence-corrected chi connectivity index (χ0v) is 5.13. The monoisotopic (exact) mass is 137 g/mol. The van der Waals surface area contributed by atoms with E-state index in [1.807, 2.05) is 0 Å². The number of rotatable bonds is 0. The van der Waals surface area contributed by atoms with E-state index in [1.165, 1.54) is 11.9 Å². The van der Waals surface area contributed by atoms with Crippen LogP contribution in [0.4, 0.5) is 0 Å². The molecule has 1 aliphatic rings. The summed E-state index contributed by atoms with van der Waals surface area (Å²) in [6, 6.07) is 0. The Hall–Kier alpha value is 0.110. The molecule has 1 amide bonds. The van der Waals surface area contributed by atoms with Gasteiger partial charge < -0.3 is 0 Å². The molecule has 0 unspecified atom stereocenters. The summed E-state index contributed by atoms with van der Waals surface area (Å²) in [5, 5.41) is 0. The van der Waals surface area contributed by atoms with Crippen LogP contribution in [0.2, 0.25) is 0 Å². The molecule has 0 aliphatic carbocycles. The summed E-state index contributed by atoms with van der Waals surface area (Å²) in [5.74, 6) is 0.856. The lowest BCUT2D eigenvalue weighted by molar-refractivity contribution is -0.121. The molecule has 0 aromatic rings. The molecule has 0 saturated carbocycles. The van der Waals surface area contributed by atoms with Crippen molar-refractivity contribution < 1.29 is 4.79 Å². The van der Waals surface area contributed by atoms with Gasteiger partial charge in [0.15, 0.2) is 0 Å². The first kappa shape index (κ1) is 5.25. The molecule has 0 N–H and O–H groups in total. The molecule has 0 spiro atoms. The Kier molecular flexibility index (Phi) is 1.44. The SMILES string of the molecule is O=C1CCSN1Cl.